The van der Waals surface area contributed by atoms with Crippen molar-refractivity contribution >= 4 is 5.70 Å². The number of rotatable bonds is 1. The first kappa shape index (κ1) is 8.10. The Balaban J connectivity index is 2.31. The molecule has 0 unspecified atom stereocenters. The largest absolute Gasteiger partial charge is 0.375 e. The fourth-order valence-corrected chi connectivity index (χ4v) is 1.36. The fraction of sp³-hybridized carbons (Fsp3) is 0.300. The molecule has 0 bridgehead atoms. The van der Waals surface area contributed by atoms with Crippen molar-refractivity contribution < 1.29 is 0 Å². The van der Waals surface area contributed by atoms with E-state index in [2.05, 4.69) is 35.4 Å². The van der Waals surface area contributed by atoms with E-state index in [1.54, 1.807) is 0 Å². The van der Waals surface area contributed by atoms with Crippen LogP contribution in [0.2, 0.25) is 0 Å². The fourth-order valence-electron chi connectivity index (χ4n) is 1.36. The monoisotopic (exact) mass is 175 g/mol. The molecule has 0 aromatic carbocycles. The maximum atomic E-state index is 4.34. The highest BCUT2D eigenvalue weighted by Crippen LogP contribution is 2.11. The highest BCUT2D eigenvalue weighted by atomic mass is 15.3. The Morgan fingerprint density at radius 2 is 2.31 bits per heavy atom. The third kappa shape index (κ3) is 1.64. The lowest BCUT2D eigenvalue weighted by atomic mass is 10.3. The van der Waals surface area contributed by atoms with Crippen LogP contribution in [0.5, 0.6) is 0 Å². The zero-order valence-corrected chi connectivity index (χ0v) is 7.94. The van der Waals surface area contributed by atoms with Gasteiger partial charge >= 0.3 is 0 Å². The van der Waals surface area contributed by atoms with E-state index in [-0.39, 0.29) is 0 Å². The Morgan fingerprint density at radius 3 is 2.92 bits per heavy atom. The quantitative estimate of drug-likeness (QED) is 0.644. The van der Waals surface area contributed by atoms with Crippen LogP contribution in [0.1, 0.15) is 5.69 Å². The summed E-state index contributed by atoms with van der Waals surface area (Å²) < 4.78 is 1.89. The molecule has 0 amide bonds. The summed E-state index contributed by atoms with van der Waals surface area (Å²) in [6.07, 6.45) is 8.29. The Kier molecular flexibility index (Phi) is 1.93. The van der Waals surface area contributed by atoms with Crippen LogP contribution in [0.3, 0.4) is 0 Å². The molecule has 0 saturated carbocycles. The van der Waals surface area contributed by atoms with E-state index >= 15 is 0 Å². The second-order valence-corrected chi connectivity index (χ2v) is 3.30. The predicted octanol–water partition coefficient (Wildman–Crippen LogP) is 1.49. The second kappa shape index (κ2) is 3.09. The van der Waals surface area contributed by atoms with Crippen LogP contribution in [0, 0.1) is 6.92 Å². The summed E-state index contributed by atoms with van der Waals surface area (Å²) in [6.45, 7) is 2.97. The molecule has 0 aliphatic carbocycles. The van der Waals surface area contributed by atoms with Crippen LogP contribution in [0.15, 0.2) is 30.6 Å². The zero-order valence-electron chi connectivity index (χ0n) is 7.94. The van der Waals surface area contributed by atoms with Crippen molar-refractivity contribution in [3.05, 3.63) is 36.3 Å². The zero-order chi connectivity index (χ0) is 9.26. The standard InChI is InChI=1S/C10H13N3/c1-9-5-7-13(11-9)10-4-3-6-12(2)8-10/h3-5,7-8H,6H2,1-2H3. The summed E-state index contributed by atoms with van der Waals surface area (Å²) in [6, 6.07) is 2.00. The summed E-state index contributed by atoms with van der Waals surface area (Å²) in [7, 11) is 2.06. The number of aryl methyl sites for hydroxylation is 1. The van der Waals surface area contributed by atoms with Gasteiger partial charge in [-0.05, 0) is 19.1 Å². The van der Waals surface area contributed by atoms with Gasteiger partial charge in [-0.3, -0.25) is 0 Å². The number of nitrogens with zero attached hydrogens (tertiary/aromatic N) is 3. The maximum Gasteiger partial charge on any atom is 0.0801 e. The molecule has 68 valence electrons. The van der Waals surface area contributed by atoms with Crippen LogP contribution in [-0.2, 0) is 0 Å². The first-order chi connectivity index (χ1) is 6.25. The molecule has 0 fully saturated rings. The van der Waals surface area contributed by atoms with Gasteiger partial charge in [0.15, 0.2) is 0 Å². The van der Waals surface area contributed by atoms with Gasteiger partial charge in [0.1, 0.15) is 0 Å². The molecular formula is C10H13N3. The lowest BCUT2D eigenvalue weighted by molar-refractivity contribution is 0.503. The number of aromatic nitrogens is 2. The average molecular weight is 175 g/mol. The van der Waals surface area contributed by atoms with Crippen LogP contribution in [-0.4, -0.2) is 28.3 Å². The first-order valence-corrected chi connectivity index (χ1v) is 4.37. The van der Waals surface area contributed by atoms with Crippen molar-refractivity contribution in [2.45, 2.75) is 6.92 Å². The van der Waals surface area contributed by atoms with Crippen molar-refractivity contribution in [2.24, 2.45) is 0 Å². The lowest BCUT2D eigenvalue weighted by Crippen LogP contribution is -2.15. The molecule has 1 aromatic rings. The Hall–Kier alpha value is -1.51. The van der Waals surface area contributed by atoms with Crippen molar-refractivity contribution in [2.75, 3.05) is 13.6 Å². The van der Waals surface area contributed by atoms with E-state index in [0.29, 0.717) is 0 Å². The number of hydrogen-bond acceptors (Lipinski definition) is 2. The number of allylic oxidation sites excluding steroid dienone is 2. The number of likely N-dealkylation sites (N-methyl/N-ethyl adjacent to an activating group) is 1. The number of hydrogen-bond donors (Lipinski definition) is 0. The molecule has 3 nitrogen and oxygen atoms in total. The third-order valence-electron chi connectivity index (χ3n) is 2.02. The smallest absolute Gasteiger partial charge is 0.0801 e. The van der Waals surface area contributed by atoms with Gasteiger partial charge in [-0.1, -0.05) is 6.08 Å². The van der Waals surface area contributed by atoms with Gasteiger partial charge in [0.05, 0.1) is 11.4 Å². The van der Waals surface area contributed by atoms with Crippen molar-refractivity contribution in [3.8, 4) is 0 Å². The molecule has 0 saturated heterocycles. The second-order valence-electron chi connectivity index (χ2n) is 3.30. The van der Waals surface area contributed by atoms with Gasteiger partial charge in [0.2, 0.25) is 0 Å². The molecule has 13 heavy (non-hydrogen) atoms. The minimum Gasteiger partial charge on any atom is -0.375 e. The predicted molar refractivity (Wildman–Crippen MR) is 53.0 cm³/mol. The van der Waals surface area contributed by atoms with Gasteiger partial charge in [-0.2, -0.15) is 5.10 Å². The topological polar surface area (TPSA) is 21.1 Å². The van der Waals surface area contributed by atoms with Crippen LogP contribution in [0.25, 0.3) is 5.70 Å². The molecule has 0 atom stereocenters. The molecule has 0 radical (unpaired) electrons. The molecule has 1 aliphatic rings. The molecular weight excluding hydrogens is 162 g/mol. The lowest BCUT2D eigenvalue weighted by Gasteiger charge is -2.17. The summed E-state index contributed by atoms with van der Waals surface area (Å²) in [5, 5.41) is 4.34. The minimum absolute atomic E-state index is 0.976. The first-order valence-electron chi connectivity index (χ1n) is 4.37. The van der Waals surface area contributed by atoms with E-state index in [1.807, 2.05) is 23.9 Å². The third-order valence-corrected chi connectivity index (χ3v) is 2.02. The summed E-state index contributed by atoms with van der Waals surface area (Å²) >= 11 is 0. The molecule has 1 aliphatic heterocycles. The van der Waals surface area contributed by atoms with E-state index in [4.69, 9.17) is 0 Å². The molecule has 0 spiro atoms. The van der Waals surface area contributed by atoms with Crippen LogP contribution in [0.4, 0.5) is 0 Å². The Labute approximate surface area is 78.0 Å². The Morgan fingerprint density at radius 1 is 1.46 bits per heavy atom. The van der Waals surface area contributed by atoms with Crippen molar-refractivity contribution in [3.63, 3.8) is 0 Å². The molecule has 2 rings (SSSR count). The van der Waals surface area contributed by atoms with E-state index < -0.39 is 0 Å². The molecule has 1 aromatic heterocycles. The van der Waals surface area contributed by atoms with Gasteiger partial charge in [0.25, 0.3) is 0 Å². The van der Waals surface area contributed by atoms with Crippen LogP contribution >= 0.6 is 0 Å². The maximum absolute atomic E-state index is 4.34. The minimum atomic E-state index is 0.976. The van der Waals surface area contributed by atoms with Gasteiger partial charge in [-0.15, -0.1) is 0 Å². The van der Waals surface area contributed by atoms with Crippen molar-refractivity contribution in [1.29, 1.82) is 0 Å². The van der Waals surface area contributed by atoms with Crippen LogP contribution < -0.4 is 0 Å². The van der Waals surface area contributed by atoms with Gasteiger partial charge in [-0.25, -0.2) is 4.68 Å². The Bertz CT molecular complexity index is 360. The van der Waals surface area contributed by atoms with Gasteiger partial charge < -0.3 is 4.90 Å². The molecule has 2 heterocycles. The SMILES string of the molecule is Cc1ccn(C2=CN(C)CC=C2)n1. The van der Waals surface area contributed by atoms with E-state index in [0.717, 1.165) is 17.9 Å². The average Bonchev–Trinajstić information content (AvgIpc) is 2.52. The summed E-state index contributed by atoms with van der Waals surface area (Å²) in [4.78, 5) is 2.13. The van der Waals surface area contributed by atoms with Crippen molar-refractivity contribution in [1.82, 2.24) is 14.7 Å². The highest BCUT2D eigenvalue weighted by molar-refractivity contribution is 5.57. The summed E-state index contributed by atoms with van der Waals surface area (Å²) in [5.41, 5.74) is 2.16. The van der Waals surface area contributed by atoms with Gasteiger partial charge in [0, 0.05) is 26.0 Å². The van der Waals surface area contributed by atoms with E-state index in [1.165, 1.54) is 0 Å². The molecule has 0 N–H and O–H groups in total. The molecule has 3 heteroatoms. The normalized spacial score (nSPS) is 16.2. The highest BCUT2D eigenvalue weighted by Gasteiger charge is 2.03. The van der Waals surface area contributed by atoms with E-state index in [9.17, 15) is 0 Å². The summed E-state index contributed by atoms with van der Waals surface area (Å²) in [5.74, 6) is 0.